The minimum Gasteiger partial charge on any atom is -0.330 e. The molecule has 0 radical (unpaired) electrons. The molecular weight excluding hydrogens is 254 g/mol. The third kappa shape index (κ3) is 1.85. The number of benzene rings is 2. The Morgan fingerprint density at radius 1 is 1.21 bits per heavy atom. The van der Waals surface area contributed by atoms with E-state index in [1.807, 2.05) is 47.9 Å². The van der Waals surface area contributed by atoms with E-state index >= 15 is 0 Å². The topological polar surface area (TPSA) is 44.5 Å². The van der Waals surface area contributed by atoms with E-state index in [1.165, 1.54) is 0 Å². The Morgan fingerprint density at radius 3 is 2.79 bits per heavy atom. The van der Waals surface area contributed by atoms with E-state index in [0.717, 1.165) is 22.3 Å². The van der Waals surface area contributed by atoms with Crippen LogP contribution in [0.5, 0.6) is 0 Å². The number of nitrogens with one attached hydrogen (secondary N) is 1. The number of aromatic nitrogens is 2. The van der Waals surface area contributed by atoms with Crippen LogP contribution < -0.4 is 0 Å². The summed E-state index contributed by atoms with van der Waals surface area (Å²) in [5.41, 5.74) is 4.75. The highest BCUT2D eigenvalue weighted by Gasteiger charge is 2.08. The first-order chi connectivity index (χ1) is 9.20. The molecule has 0 spiro atoms. The van der Waals surface area contributed by atoms with Crippen molar-refractivity contribution in [1.29, 1.82) is 5.26 Å². The molecule has 3 rings (SSSR count). The quantitative estimate of drug-likeness (QED) is 0.679. The first-order valence-corrected chi connectivity index (χ1v) is 6.32. The fourth-order valence-corrected chi connectivity index (χ4v) is 2.55. The number of aromatic amines is 1. The Labute approximate surface area is 115 Å². The molecule has 19 heavy (non-hydrogen) atoms. The summed E-state index contributed by atoms with van der Waals surface area (Å²) in [6, 6.07) is 15.7. The van der Waals surface area contributed by atoms with Gasteiger partial charge in [-0.15, -0.1) is 0 Å². The van der Waals surface area contributed by atoms with E-state index in [-0.39, 0.29) is 0 Å². The van der Waals surface area contributed by atoms with Crippen molar-refractivity contribution in [3.8, 4) is 11.8 Å². The Bertz CT molecular complexity index is 865. The van der Waals surface area contributed by atoms with Gasteiger partial charge in [0.1, 0.15) is 0 Å². The number of H-pyrrole nitrogens is 1. The minimum atomic E-state index is 0.626. The van der Waals surface area contributed by atoms with E-state index in [2.05, 4.69) is 11.1 Å². The second-order valence-corrected chi connectivity index (χ2v) is 4.78. The van der Waals surface area contributed by atoms with E-state index < -0.39 is 0 Å². The monoisotopic (exact) mass is 265 g/mol. The van der Waals surface area contributed by atoms with Gasteiger partial charge in [0, 0.05) is 5.69 Å². The van der Waals surface area contributed by atoms with Crippen LogP contribution in [-0.2, 0) is 0 Å². The Hall–Kier alpha value is -2.38. The average Bonchev–Trinajstić information content (AvgIpc) is 2.77. The van der Waals surface area contributed by atoms with Crippen molar-refractivity contribution >= 4 is 23.3 Å². The number of para-hydroxylation sites is 1. The lowest BCUT2D eigenvalue weighted by Gasteiger charge is -2.05. The van der Waals surface area contributed by atoms with E-state index in [9.17, 15) is 0 Å². The maximum Gasteiger partial charge on any atom is 0.182 e. The molecule has 0 atom stereocenters. The molecule has 3 nitrogen and oxygen atoms in total. The van der Waals surface area contributed by atoms with Crippen LogP contribution in [0.3, 0.4) is 0 Å². The highest BCUT2D eigenvalue weighted by atomic mass is 32.1. The molecule has 0 fully saturated rings. The van der Waals surface area contributed by atoms with Gasteiger partial charge < -0.3 is 4.98 Å². The predicted molar refractivity (Wildman–Crippen MR) is 77.9 cm³/mol. The molecule has 0 aliphatic carbocycles. The number of fused-ring (bicyclic) bond motifs is 1. The molecule has 0 aliphatic rings. The zero-order valence-electron chi connectivity index (χ0n) is 10.3. The second-order valence-electron chi connectivity index (χ2n) is 4.40. The number of rotatable bonds is 1. The van der Waals surface area contributed by atoms with E-state index in [1.54, 1.807) is 6.07 Å². The second kappa shape index (κ2) is 4.38. The SMILES string of the molecule is Cc1cccc2c1[nH]c(=S)n2-c1cccc(C#N)c1. The molecule has 2 aromatic carbocycles. The number of hydrogen-bond donors (Lipinski definition) is 1. The van der Waals surface area contributed by atoms with Crippen LogP contribution in [0.15, 0.2) is 42.5 Å². The predicted octanol–water partition coefficient (Wildman–Crippen LogP) is 3.87. The summed E-state index contributed by atoms with van der Waals surface area (Å²) in [7, 11) is 0. The lowest BCUT2D eigenvalue weighted by Crippen LogP contribution is -1.94. The normalized spacial score (nSPS) is 10.5. The van der Waals surface area contributed by atoms with Crippen molar-refractivity contribution < 1.29 is 0 Å². The van der Waals surface area contributed by atoms with Gasteiger partial charge >= 0.3 is 0 Å². The summed E-state index contributed by atoms with van der Waals surface area (Å²) in [4.78, 5) is 3.23. The largest absolute Gasteiger partial charge is 0.330 e. The van der Waals surface area contributed by atoms with Crippen LogP contribution in [0.1, 0.15) is 11.1 Å². The van der Waals surface area contributed by atoms with Gasteiger partial charge in [-0.25, -0.2) is 0 Å². The summed E-state index contributed by atoms with van der Waals surface area (Å²) >= 11 is 5.40. The molecule has 1 aromatic heterocycles. The molecule has 0 amide bonds. The van der Waals surface area contributed by atoms with E-state index in [0.29, 0.717) is 10.3 Å². The average molecular weight is 265 g/mol. The Morgan fingerprint density at radius 2 is 2.00 bits per heavy atom. The first kappa shape index (κ1) is 11.7. The summed E-state index contributed by atoms with van der Waals surface area (Å²) in [5.74, 6) is 0. The molecule has 0 bridgehead atoms. The molecule has 3 aromatic rings. The number of nitriles is 1. The molecule has 92 valence electrons. The minimum absolute atomic E-state index is 0.626. The molecule has 0 saturated carbocycles. The van der Waals surface area contributed by atoms with Gasteiger partial charge in [-0.3, -0.25) is 4.57 Å². The van der Waals surface area contributed by atoms with Gasteiger partial charge in [0.25, 0.3) is 0 Å². The third-order valence-corrected chi connectivity index (χ3v) is 3.44. The van der Waals surface area contributed by atoms with Gasteiger partial charge in [-0.1, -0.05) is 18.2 Å². The van der Waals surface area contributed by atoms with Gasteiger partial charge in [0.15, 0.2) is 4.77 Å². The molecule has 1 heterocycles. The molecule has 0 aliphatic heterocycles. The molecule has 4 heteroatoms. The van der Waals surface area contributed by atoms with Crippen molar-refractivity contribution in [1.82, 2.24) is 9.55 Å². The maximum atomic E-state index is 8.99. The van der Waals surface area contributed by atoms with Crippen molar-refractivity contribution in [3.63, 3.8) is 0 Å². The van der Waals surface area contributed by atoms with E-state index in [4.69, 9.17) is 17.5 Å². The number of hydrogen-bond acceptors (Lipinski definition) is 2. The molecule has 1 N–H and O–H groups in total. The van der Waals surface area contributed by atoms with Crippen molar-refractivity contribution in [3.05, 3.63) is 58.4 Å². The zero-order valence-corrected chi connectivity index (χ0v) is 11.2. The van der Waals surface area contributed by atoms with Crippen LogP contribution in [0.2, 0.25) is 0 Å². The van der Waals surface area contributed by atoms with Gasteiger partial charge in [-0.2, -0.15) is 5.26 Å². The van der Waals surface area contributed by atoms with Gasteiger partial charge in [0.05, 0.1) is 22.7 Å². The van der Waals surface area contributed by atoms with Gasteiger partial charge in [0.2, 0.25) is 0 Å². The smallest absolute Gasteiger partial charge is 0.182 e. The van der Waals surface area contributed by atoms with Crippen molar-refractivity contribution in [2.24, 2.45) is 0 Å². The summed E-state index contributed by atoms with van der Waals surface area (Å²) in [6.45, 7) is 2.05. The van der Waals surface area contributed by atoms with Crippen molar-refractivity contribution in [2.45, 2.75) is 6.92 Å². The highest BCUT2D eigenvalue weighted by molar-refractivity contribution is 7.71. The van der Waals surface area contributed by atoms with Crippen LogP contribution in [0.25, 0.3) is 16.7 Å². The van der Waals surface area contributed by atoms with Gasteiger partial charge in [-0.05, 0) is 49.0 Å². The highest BCUT2D eigenvalue weighted by Crippen LogP contribution is 2.22. The lowest BCUT2D eigenvalue weighted by atomic mass is 10.2. The molecule has 0 unspecified atom stereocenters. The zero-order chi connectivity index (χ0) is 13.4. The molecular formula is C15H11N3S. The third-order valence-electron chi connectivity index (χ3n) is 3.16. The summed E-state index contributed by atoms with van der Waals surface area (Å²) in [5, 5.41) is 8.99. The molecule has 0 saturated heterocycles. The maximum absolute atomic E-state index is 8.99. The van der Waals surface area contributed by atoms with Crippen LogP contribution in [-0.4, -0.2) is 9.55 Å². The lowest BCUT2D eigenvalue weighted by molar-refractivity contribution is 1.06. The number of nitrogens with zero attached hydrogens (tertiary/aromatic N) is 2. The number of aryl methyl sites for hydroxylation is 1. The Kier molecular flexibility index (Phi) is 2.69. The van der Waals surface area contributed by atoms with Crippen LogP contribution in [0.4, 0.5) is 0 Å². The summed E-state index contributed by atoms with van der Waals surface area (Å²) in [6.07, 6.45) is 0. The first-order valence-electron chi connectivity index (χ1n) is 5.91. The summed E-state index contributed by atoms with van der Waals surface area (Å²) < 4.78 is 2.60. The van der Waals surface area contributed by atoms with Crippen molar-refractivity contribution in [2.75, 3.05) is 0 Å². The fourth-order valence-electron chi connectivity index (χ4n) is 2.24. The van der Waals surface area contributed by atoms with Crippen LogP contribution >= 0.6 is 12.2 Å². The fraction of sp³-hybridized carbons (Fsp3) is 0.0667. The Balaban J connectivity index is 2.37. The van der Waals surface area contributed by atoms with Crippen LogP contribution in [0, 0.1) is 23.0 Å². The standard InChI is InChI=1S/C15H11N3S/c1-10-4-2-7-13-14(10)17-15(19)18(13)12-6-3-5-11(8-12)9-16/h2-8H,1H3,(H,17,19). The number of imidazole rings is 1.